The summed E-state index contributed by atoms with van der Waals surface area (Å²) < 4.78 is 10.8. The quantitative estimate of drug-likeness (QED) is 0.367. The molecule has 2 aromatic carbocycles. The third kappa shape index (κ3) is 4.84. The minimum atomic E-state index is -0.174. The van der Waals surface area contributed by atoms with Crippen molar-refractivity contribution >= 4 is 34.4 Å². The zero-order valence-corrected chi connectivity index (χ0v) is 19.6. The molecule has 1 fully saturated rings. The molecule has 5 rings (SSSR count). The van der Waals surface area contributed by atoms with E-state index in [1.807, 2.05) is 54.6 Å². The van der Waals surface area contributed by atoms with E-state index in [1.165, 1.54) is 7.11 Å². The highest BCUT2D eigenvalue weighted by molar-refractivity contribution is 6.30. The van der Waals surface area contributed by atoms with E-state index in [9.17, 15) is 4.79 Å². The number of hydrogen-bond acceptors (Lipinski definition) is 6. The number of H-pyrrole nitrogens is 1. The number of ether oxygens (including phenoxy) is 2. The van der Waals surface area contributed by atoms with Crippen LogP contribution in [0.15, 0.2) is 60.7 Å². The van der Waals surface area contributed by atoms with E-state index in [4.69, 9.17) is 31.0 Å². The summed E-state index contributed by atoms with van der Waals surface area (Å²) in [5.74, 6) is 2.28. The molecule has 34 heavy (non-hydrogen) atoms. The van der Waals surface area contributed by atoms with Crippen molar-refractivity contribution in [2.75, 3.05) is 25.1 Å². The Hall–Kier alpha value is -3.58. The molecule has 1 aliphatic rings. The van der Waals surface area contributed by atoms with Gasteiger partial charge in [-0.3, -0.25) is 4.79 Å². The van der Waals surface area contributed by atoms with Gasteiger partial charge in [-0.15, -0.1) is 0 Å². The smallest absolute Gasteiger partial charge is 0.305 e. The molecule has 1 atom stereocenters. The summed E-state index contributed by atoms with van der Waals surface area (Å²) in [6, 6.07) is 19.3. The lowest BCUT2D eigenvalue weighted by Gasteiger charge is -2.19. The first-order valence-electron chi connectivity index (χ1n) is 11.2. The van der Waals surface area contributed by atoms with E-state index >= 15 is 0 Å². The molecule has 0 saturated carbocycles. The topological polar surface area (TPSA) is 80.3 Å². The SMILES string of the molecule is COC(=O)C[C@@H]1CCN(c2nc(-c3ccccc3)nc3[nH]c(COc4cccc(Cl)c4)cc23)C1. The Bertz CT molecular complexity index is 1310. The second kappa shape index (κ2) is 9.73. The van der Waals surface area contributed by atoms with Crippen LogP contribution in [0.4, 0.5) is 5.82 Å². The number of hydrogen-bond donors (Lipinski definition) is 1. The molecule has 7 nitrogen and oxygen atoms in total. The van der Waals surface area contributed by atoms with E-state index in [1.54, 1.807) is 6.07 Å². The maximum atomic E-state index is 11.8. The van der Waals surface area contributed by atoms with Crippen molar-refractivity contribution in [3.05, 3.63) is 71.4 Å². The normalized spacial score (nSPS) is 15.6. The number of esters is 1. The van der Waals surface area contributed by atoms with Gasteiger partial charge in [-0.05, 0) is 36.6 Å². The van der Waals surface area contributed by atoms with Crippen LogP contribution >= 0.6 is 11.6 Å². The molecule has 8 heteroatoms. The van der Waals surface area contributed by atoms with Crippen molar-refractivity contribution in [3.63, 3.8) is 0 Å². The van der Waals surface area contributed by atoms with E-state index in [-0.39, 0.29) is 11.9 Å². The van der Waals surface area contributed by atoms with Crippen LogP contribution in [0, 0.1) is 5.92 Å². The zero-order valence-electron chi connectivity index (χ0n) is 18.8. The average molecular weight is 477 g/mol. The second-order valence-electron chi connectivity index (χ2n) is 8.42. The highest BCUT2D eigenvalue weighted by atomic mass is 35.5. The molecule has 1 N–H and O–H groups in total. The number of aromatic nitrogens is 3. The van der Waals surface area contributed by atoms with Gasteiger partial charge in [-0.25, -0.2) is 9.97 Å². The summed E-state index contributed by atoms with van der Waals surface area (Å²) in [6.07, 6.45) is 1.33. The number of anilines is 1. The predicted molar refractivity (Wildman–Crippen MR) is 132 cm³/mol. The molecular formula is C26H25ClN4O3. The van der Waals surface area contributed by atoms with Gasteiger partial charge in [-0.2, -0.15) is 0 Å². The first kappa shape index (κ1) is 22.2. The highest BCUT2D eigenvalue weighted by Gasteiger charge is 2.28. The van der Waals surface area contributed by atoms with Crippen molar-refractivity contribution in [1.29, 1.82) is 0 Å². The first-order valence-corrected chi connectivity index (χ1v) is 11.6. The van der Waals surface area contributed by atoms with Gasteiger partial charge in [0.05, 0.1) is 24.6 Å². The van der Waals surface area contributed by atoms with Gasteiger partial charge in [0.25, 0.3) is 0 Å². The molecule has 0 spiro atoms. The van der Waals surface area contributed by atoms with Crippen LogP contribution in [0.1, 0.15) is 18.5 Å². The number of nitrogens with zero attached hydrogens (tertiary/aromatic N) is 3. The van der Waals surface area contributed by atoms with Crippen molar-refractivity contribution < 1.29 is 14.3 Å². The van der Waals surface area contributed by atoms with Crippen LogP contribution in [0.3, 0.4) is 0 Å². The number of carbonyl (C=O) groups excluding carboxylic acids is 1. The number of halogens is 1. The second-order valence-corrected chi connectivity index (χ2v) is 8.86. The zero-order chi connectivity index (χ0) is 23.5. The van der Waals surface area contributed by atoms with Gasteiger partial charge in [0, 0.05) is 23.7 Å². The number of carbonyl (C=O) groups is 1. The molecule has 4 aromatic rings. The number of nitrogens with one attached hydrogen (secondary N) is 1. The fourth-order valence-electron chi connectivity index (χ4n) is 4.31. The Morgan fingerprint density at radius 3 is 2.79 bits per heavy atom. The van der Waals surface area contributed by atoms with E-state index in [2.05, 4.69) is 9.88 Å². The van der Waals surface area contributed by atoms with Gasteiger partial charge in [0.1, 0.15) is 23.8 Å². The molecule has 0 unspecified atom stereocenters. The van der Waals surface area contributed by atoms with Gasteiger partial charge in [0.15, 0.2) is 5.82 Å². The Labute approximate surface area is 202 Å². The molecule has 1 aliphatic heterocycles. The van der Waals surface area contributed by atoms with Gasteiger partial charge >= 0.3 is 5.97 Å². The maximum Gasteiger partial charge on any atom is 0.305 e. The summed E-state index contributed by atoms with van der Waals surface area (Å²) in [7, 11) is 1.43. The molecular weight excluding hydrogens is 452 g/mol. The number of aromatic amines is 1. The number of benzene rings is 2. The van der Waals surface area contributed by atoms with E-state index in [0.29, 0.717) is 29.6 Å². The molecule has 3 heterocycles. The fraction of sp³-hybridized carbons (Fsp3) is 0.269. The molecule has 0 aliphatic carbocycles. The predicted octanol–water partition coefficient (Wildman–Crippen LogP) is 5.25. The Kier molecular flexibility index (Phi) is 6.36. The molecule has 0 bridgehead atoms. The van der Waals surface area contributed by atoms with Gasteiger partial charge in [-0.1, -0.05) is 48.0 Å². The average Bonchev–Trinajstić information content (AvgIpc) is 3.49. The highest BCUT2D eigenvalue weighted by Crippen LogP contribution is 2.33. The third-order valence-corrected chi connectivity index (χ3v) is 6.25. The lowest BCUT2D eigenvalue weighted by Crippen LogP contribution is -2.22. The van der Waals surface area contributed by atoms with Crippen LogP contribution < -0.4 is 9.64 Å². The monoisotopic (exact) mass is 476 g/mol. The summed E-state index contributed by atoms with van der Waals surface area (Å²) in [5, 5.41) is 1.56. The summed E-state index contributed by atoms with van der Waals surface area (Å²) in [4.78, 5) is 27.2. The standard InChI is InChI=1S/C26H25ClN4O3/c1-33-23(32)12-17-10-11-31(15-17)26-22-14-20(16-34-21-9-5-8-19(27)13-21)28-25(22)29-24(30-26)18-6-3-2-4-7-18/h2-9,13-14,17H,10-12,15-16H2,1H3,(H,28,29,30)/t17-/m0/s1. The van der Waals surface area contributed by atoms with Crippen LogP contribution in [0.5, 0.6) is 5.75 Å². The fourth-order valence-corrected chi connectivity index (χ4v) is 4.49. The number of fused-ring (bicyclic) bond motifs is 1. The maximum absolute atomic E-state index is 11.8. The van der Waals surface area contributed by atoms with Crippen molar-refractivity contribution in [3.8, 4) is 17.1 Å². The van der Waals surface area contributed by atoms with Gasteiger partial charge < -0.3 is 19.4 Å². The number of rotatable bonds is 7. The van der Waals surface area contributed by atoms with Crippen LogP contribution in [0.25, 0.3) is 22.4 Å². The lowest BCUT2D eigenvalue weighted by atomic mass is 10.1. The molecule has 0 radical (unpaired) electrons. The van der Waals surface area contributed by atoms with Crippen LogP contribution in [-0.4, -0.2) is 41.1 Å². The molecule has 0 amide bonds. The first-order chi connectivity index (χ1) is 16.6. The van der Waals surface area contributed by atoms with Gasteiger partial charge in [0.2, 0.25) is 0 Å². The molecule has 174 valence electrons. The van der Waals surface area contributed by atoms with Crippen LogP contribution in [-0.2, 0) is 16.1 Å². The summed E-state index contributed by atoms with van der Waals surface area (Å²) in [6.45, 7) is 1.91. The third-order valence-electron chi connectivity index (χ3n) is 6.01. The Morgan fingerprint density at radius 1 is 1.15 bits per heavy atom. The molecule has 2 aromatic heterocycles. The van der Waals surface area contributed by atoms with Crippen LogP contribution in [0.2, 0.25) is 5.02 Å². The summed E-state index contributed by atoms with van der Waals surface area (Å²) >= 11 is 6.07. The van der Waals surface area contributed by atoms with Crippen molar-refractivity contribution in [2.24, 2.45) is 5.92 Å². The minimum absolute atomic E-state index is 0.174. The van der Waals surface area contributed by atoms with E-state index < -0.39 is 0 Å². The largest absolute Gasteiger partial charge is 0.487 e. The van der Waals surface area contributed by atoms with Crippen molar-refractivity contribution in [1.82, 2.24) is 15.0 Å². The summed E-state index contributed by atoms with van der Waals surface area (Å²) in [5.41, 5.74) is 2.59. The Balaban J connectivity index is 1.47. The Morgan fingerprint density at radius 2 is 2.00 bits per heavy atom. The van der Waals surface area contributed by atoms with Crippen molar-refractivity contribution in [2.45, 2.75) is 19.4 Å². The molecule has 1 saturated heterocycles. The van der Waals surface area contributed by atoms with E-state index in [0.717, 1.165) is 47.6 Å². The lowest BCUT2D eigenvalue weighted by molar-refractivity contribution is -0.141. The minimum Gasteiger partial charge on any atom is -0.487 e. The number of methoxy groups -OCH3 is 1.